The Morgan fingerprint density at radius 3 is 2.84 bits per heavy atom. The molecule has 1 aromatic rings. The average Bonchev–Trinajstić information content (AvgIpc) is 2.38. The molecule has 0 aliphatic carbocycles. The molecule has 1 unspecified atom stereocenters. The Balaban J connectivity index is 2.44. The number of amides is 1. The summed E-state index contributed by atoms with van der Waals surface area (Å²) in [5, 5.41) is 3.44. The van der Waals surface area contributed by atoms with Gasteiger partial charge in [0, 0.05) is 18.9 Å². The lowest BCUT2D eigenvalue weighted by Gasteiger charge is -2.15. The van der Waals surface area contributed by atoms with Crippen molar-refractivity contribution in [2.24, 2.45) is 0 Å². The molecule has 0 aromatic carbocycles. The molecule has 1 heterocycles. The first-order valence-electron chi connectivity index (χ1n) is 5.77. The Labute approximate surface area is 120 Å². The molecule has 0 bridgehead atoms. The van der Waals surface area contributed by atoms with Gasteiger partial charge in [-0.3, -0.25) is 4.79 Å². The van der Waals surface area contributed by atoms with Gasteiger partial charge in [-0.1, -0.05) is 16.9 Å². The van der Waals surface area contributed by atoms with E-state index in [1.807, 2.05) is 18.2 Å². The zero-order valence-electron chi connectivity index (χ0n) is 10.8. The minimum Gasteiger partial charge on any atom is -0.464 e. The molecule has 0 spiro atoms. The Kier molecular flexibility index (Phi) is 7.35. The van der Waals surface area contributed by atoms with Gasteiger partial charge in [0.25, 0.3) is 0 Å². The molecule has 104 valence electrons. The summed E-state index contributed by atoms with van der Waals surface area (Å²) >= 11 is 0. The summed E-state index contributed by atoms with van der Waals surface area (Å²) in [4.78, 5) is 26.9. The lowest BCUT2D eigenvalue weighted by Crippen LogP contribution is -2.42. The molecule has 0 saturated carbocycles. The first-order valence-corrected chi connectivity index (χ1v) is 8.09. The number of nitrogens with zero attached hydrogens (tertiary/aromatic N) is 1. The lowest BCUT2D eigenvalue weighted by atomic mass is 10.3. The van der Waals surface area contributed by atoms with E-state index >= 15 is 0 Å². The van der Waals surface area contributed by atoms with Gasteiger partial charge < -0.3 is 10.1 Å². The number of hydrogen-bond acceptors (Lipinski definition) is 6. The topological polar surface area (TPSA) is 68.3 Å². The van der Waals surface area contributed by atoms with Gasteiger partial charge in [-0.2, -0.15) is 0 Å². The molecule has 0 saturated heterocycles. The van der Waals surface area contributed by atoms with Crippen LogP contribution < -0.4 is 5.32 Å². The van der Waals surface area contributed by atoms with Crippen LogP contribution in [0, 0.1) is 0 Å². The van der Waals surface area contributed by atoms with E-state index in [9.17, 15) is 9.59 Å². The maximum Gasteiger partial charge on any atom is 0.329 e. The van der Waals surface area contributed by atoms with Crippen LogP contribution in [0.2, 0.25) is 0 Å². The second-order valence-corrected chi connectivity index (χ2v) is 5.90. The van der Waals surface area contributed by atoms with Gasteiger partial charge in [0.1, 0.15) is 11.1 Å². The van der Waals surface area contributed by atoms with Gasteiger partial charge in [0.05, 0.1) is 6.61 Å². The second-order valence-electron chi connectivity index (χ2n) is 3.54. The molecule has 19 heavy (non-hydrogen) atoms. The van der Waals surface area contributed by atoms with E-state index in [4.69, 9.17) is 4.74 Å². The van der Waals surface area contributed by atoms with Crippen LogP contribution in [0.15, 0.2) is 29.4 Å². The third kappa shape index (κ3) is 6.49. The predicted molar refractivity (Wildman–Crippen MR) is 76.8 cm³/mol. The number of aromatic nitrogens is 1. The third-order valence-electron chi connectivity index (χ3n) is 1.97. The van der Waals surface area contributed by atoms with Gasteiger partial charge in [-0.15, -0.1) is 0 Å². The van der Waals surface area contributed by atoms with Crippen molar-refractivity contribution in [2.45, 2.75) is 24.9 Å². The van der Waals surface area contributed by atoms with Crippen LogP contribution in [0.3, 0.4) is 0 Å². The fraction of sp³-hybridized carbons (Fsp3) is 0.417. The standard InChI is InChI=1S/C12H16N2O3S2/c1-3-17-12(16)10(14-9(2)15)8-18-19-11-6-4-5-7-13-11/h4-7,10H,3,8H2,1-2H3,(H,14,15). The molecular formula is C12H16N2O3S2. The summed E-state index contributed by atoms with van der Waals surface area (Å²) in [6, 6.07) is 4.99. The highest BCUT2D eigenvalue weighted by Crippen LogP contribution is 2.29. The first kappa shape index (κ1) is 15.8. The Hall–Kier alpha value is -1.21. The molecule has 5 nitrogen and oxygen atoms in total. The highest BCUT2D eigenvalue weighted by Gasteiger charge is 2.20. The highest BCUT2D eigenvalue weighted by atomic mass is 33.1. The SMILES string of the molecule is CCOC(=O)C(CSSc1ccccn1)NC(C)=O. The van der Waals surface area contributed by atoms with E-state index in [0.29, 0.717) is 12.4 Å². The molecule has 1 aromatic heterocycles. The number of rotatable bonds is 7. The molecule has 7 heteroatoms. The van der Waals surface area contributed by atoms with Crippen molar-refractivity contribution in [3.8, 4) is 0 Å². The summed E-state index contributed by atoms with van der Waals surface area (Å²) in [5.74, 6) is -0.229. The fourth-order valence-electron chi connectivity index (χ4n) is 1.22. The van der Waals surface area contributed by atoms with E-state index in [-0.39, 0.29) is 5.91 Å². The minimum absolute atomic E-state index is 0.249. The fourth-order valence-corrected chi connectivity index (χ4v) is 3.27. The number of nitrogens with one attached hydrogen (secondary N) is 1. The summed E-state index contributed by atoms with van der Waals surface area (Å²) in [6.07, 6.45) is 1.71. The number of esters is 1. The summed E-state index contributed by atoms with van der Waals surface area (Å²) in [5.41, 5.74) is 0. The number of hydrogen-bond donors (Lipinski definition) is 1. The van der Waals surface area contributed by atoms with E-state index in [2.05, 4.69) is 10.3 Å². The van der Waals surface area contributed by atoms with Crippen molar-refractivity contribution in [1.82, 2.24) is 10.3 Å². The summed E-state index contributed by atoms with van der Waals surface area (Å²) < 4.78 is 4.92. The molecule has 0 aliphatic rings. The van der Waals surface area contributed by atoms with Crippen LogP contribution in [0.1, 0.15) is 13.8 Å². The predicted octanol–water partition coefficient (Wildman–Crippen LogP) is 1.89. The summed E-state index contributed by atoms with van der Waals surface area (Å²) in [6.45, 7) is 3.41. The summed E-state index contributed by atoms with van der Waals surface area (Å²) in [7, 11) is 2.91. The van der Waals surface area contributed by atoms with Crippen LogP contribution in [0.4, 0.5) is 0 Å². The van der Waals surface area contributed by atoms with Crippen LogP contribution >= 0.6 is 21.6 Å². The second kappa shape index (κ2) is 8.82. The molecule has 0 aliphatic heterocycles. The van der Waals surface area contributed by atoms with Gasteiger partial charge in [-0.25, -0.2) is 9.78 Å². The van der Waals surface area contributed by atoms with Crippen molar-refractivity contribution in [1.29, 1.82) is 0 Å². The van der Waals surface area contributed by atoms with Crippen LogP contribution in [-0.2, 0) is 14.3 Å². The van der Waals surface area contributed by atoms with Gasteiger partial charge in [0.15, 0.2) is 0 Å². The van der Waals surface area contributed by atoms with Crippen molar-refractivity contribution < 1.29 is 14.3 Å². The number of carbonyl (C=O) groups excluding carboxylic acids is 2. The Bertz CT molecular complexity index is 415. The molecule has 0 radical (unpaired) electrons. The molecule has 1 amide bonds. The molecule has 1 atom stereocenters. The molecule has 1 rings (SSSR count). The molecular weight excluding hydrogens is 284 g/mol. The maximum atomic E-state index is 11.6. The minimum atomic E-state index is -0.626. The normalized spacial score (nSPS) is 11.7. The molecule has 1 N–H and O–H groups in total. The van der Waals surface area contributed by atoms with Gasteiger partial charge in [0.2, 0.25) is 5.91 Å². The van der Waals surface area contributed by atoms with E-state index < -0.39 is 12.0 Å². The van der Waals surface area contributed by atoms with E-state index in [1.54, 1.807) is 13.1 Å². The molecule has 0 fully saturated rings. The van der Waals surface area contributed by atoms with Crippen LogP contribution in [0.25, 0.3) is 0 Å². The van der Waals surface area contributed by atoms with Gasteiger partial charge >= 0.3 is 5.97 Å². The van der Waals surface area contributed by atoms with Gasteiger partial charge in [-0.05, 0) is 29.9 Å². The third-order valence-corrected chi connectivity index (χ3v) is 4.24. The van der Waals surface area contributed by atoms with Crippen molar-refractivity contribution in [2.75, 3.05) is 12.4 Å². The zero-order chi connectivity index (χ0) is 14.1. The van der Waals surface area contributed by atoms with Crippen LogP contribution in [-0.4, -0.2) is 35.3 Å². The monoisotopic (exact) mass is 300 g/mol. The Morgan fingerprint density at radius 2 is 2.26 bits per heavy atom. The largest absolute Gasteiger partial charge is 0.464 e. The maximum absolute atomic E-state index is 11.6. The van der Waals surface area contributed by atoms with Crippen LogP contribution in [0.5, 0.6) is 0 Å². The lowest BCUT2D eigenvalue weighted by molar-refractivity contribution is -0.146. The first-order chi connectivity index (χ1) is 9.13. The van der Waals surface area contributed by atoms with E-state index in [0.717, 1.165) is 5.03 Å². The zero-order valence-corrected chi connectivity index (χ0v) is 12.4. The van der Waals surface area contributed by atoms with Crippen molar-refractivity contribution in [3.63, 3.8) is 0 Å². The highest BCUT2D eigenvalue weighted by molar-refractivity contribution is 8.76. The average molecular weight is 300 g/mol. The Morgan fingerprint density at radius 1 is 1.47 bits per heavy atom. The number of carbonyl (C=O) groups is 2. The van der Waals surface area contributed by atoms with E-state index in [1.165, 1.54) is 28.5 Å². The smallest absolute Gasteiger partial charge is 0.329 e. The number of ether oxygens (including phenoxy) is 1. The van der Waals surface area contributed by atoms with Crippen molar-refractivity contribution >= 4 is 33.5 Å². The van der Waals surface area contributed by atoms with Crippen molar-refractivity contribution in [3.05, 3.63) is 24.4 Å². The number of pyridine rings is 1. The quantitative estimate of drug-likeness (QED) is 0.612.